The Morgan fingerprint density at radius 2 is 2.06 bits per heavy atom. The van der Waals surface area contributed by atoms with Gasteiger partial charge in [0, 0.05) is 10.4 Å². The van der Waals surface area contributed by atoms with E-state index in [1.807, 2.05) is 11.4 Å². The summed E-state index contributed by atoms with van der Waals surface area (Å²) in [6.07, 6.45) is 6.19. The summed E-state index contributed by atoms with van der Waals surface area (Å²) in [5.41, 5.74) is 3.11. The summed E-state index contributed by atoms with van der Waals surface area (Å²) in [6.45, 7) is 0. The molecule has 0 aliphatic heterocycles. The second kappa shape index (κ2) is 5.88. The third-order valence-corrected chi connectivity index (χ3v) is 5.64. The molecule has 0 bridgehead atoms. The molecule has 1 aliphatic rings. The topological polar surface area (TPSA) is 41.3 Å². The van der Waals surface area contributed by atoms with Crippen molar-refractivity contribution >= 4 is 22.9 Å². The molecule has 1 fully saturated rings. The number of likely N-dealkylation sites (N-methyl/N-ethyl adjacent to an activating group) is 1. The standard InChI is InChI=1S/C13H22ClN3S/c1-17(2)13(7-4-3-5-8-13)12(16-15)11-10(14)6-9-18-11/h6,9,12,16H,3-5,7-8,15H2,1-2H3. The summed E-state index contributed by atoms with van der Waals surface area (Å²) in [5, 5.41) is 2.86. The Hall–Kier alpha value is -0.130. The maximum Gasteiger partial charge on any atom is 0.0751 e. The highest BCUT2D eigenvalue weighted by atomic mass is 35.5. The van der Waals surface area contributed by atoms with Gasteiger partial charge in [0.1, 0.15) is 0 Å². The Morgan fingerprint density at radius 1 is 1.39 bits per heavy atom. The number of hydrogen-bond donors (Lipinski definition) is 2. The lowest BCUT2D eigenvalue weighted by atomic mass is 9.75. The van der Waals surface area contributed by atoms with E-state index in [0.29, 0.717) is 0 Å². The first kappa shape index (κ1) is 14.3. The van der Waals surface area contributed by atoms with Crippen molar-refractivity contribution in [2.45, 2.75) is 43.7 Å². The summed E-state index contributed by atoms with van der Waals surface area (Å²) in [6, 6.07) is 2.07. The van der Waals surface area contributed by atoms with Gasteiger partial charge in [0.05, 0.1) is 11.1 Å². The molecule has 1 heterocycles. The molecule has 18 heavy (non-hydrogen) atoms. The summed E-state index contributed by atoms with van der Waals surface area (Å²) in [7, 11) is 4.30. The zero-order valence-corrected chi connectivity index (χ0v) is 12.7. The minimum Gasteiger partial charge on any atom is -0.302 e. The number of thiophene rings is 1. The van der Waals surface area contributed by atoms with Crippen molar-refractivity contribution in [3.8, 4) is 0 Å². The fourth-order valence-corrected chi connectivity index (χ4v) is 4.48. The van der Waals surface area contributed by atoms with E-state index < -0.39 is 0 Å². The molecule has 1 unspecified atom stereocenters. The van der Waals surface area contributed by atoms with E-state index in [2.05, 4.69) is 24.4 Å². The highest BCUT2D eigenvalue weighted by Gasteiger charge is 2.43. The van der Waals surface area contributed by atoms with Crippen molar-refractivity contribution in [2.24, 2.45) is 5.84 Å². The minimum absolute atomic E-state index is 0.0848. The molecule has 1 aliphatic carbocycles. The maximum absolute atomic E-state index is 6.30. The number of nitrogens with one attached hydrogen (secondary N) is 1. The van der Waals surface area contributed by atoms with Gasteiger partial charge in [0.2, 0.25) is 0 Å². The van der Waals surface area contributed by atoms with Crippen molar-refractivity contribution < 1.29 is 0 Å². The van der Waals surface area contributed by atoms with Gasteiger partial charge < -0.3 is 4.90 Å². The van der Waals surface area contributed by atoms with Crippen LogP contribution in [-0.2, 0) is 0 Å². The molecule has 0 amide bonds. The van der Waals surface area contributed by atoms with Gasteiger partial charge in [-0.1, -0.05) is 30.9 Å². The van der Waals surface area contributed by atoms with Crippen LogP contribution in [0.2, 0.25) is 5.02 Å². The van der Waals surface area contributed by atoms with Crippen molar-refractivity contribution in [3.05, 3.63) is 21.3 Å². The van der Waals surface area contributed by atoms with Crippen molar-refractivity contribution in [3.63, 3.8) is 0 Å². The molecule has 5 heteroatoms. The van der Waals surface area contributed by atoms with Crippen LogP contribution >= 0.6 is 22.9 Å². The molecule has 1 aromatic rings. The summed E-state index contributed by atoms with van der Waals surface area (Å²) < 4.78 is 0. The van der Waals surface area contributed by atoms with Crippen LogP contribution in [0.3, 0.4) is 0 Å². The Balaban J connectivity index is 2.36. The van der Waals surface area contributed by atoms with Crippen molar-refractivity contribution in [1.82, 2.24) is 10.3 Å². The second-order valence-electron chi connectivity index (χ2n) is 5.29. The molecule has 2 rings (SSSR count). The van der Waals surface area contributed by atoms with Crippen LogP contribution in [0.4, 0.5) is 0 Å². The molecule has 0 spiro atoms. The SMILES string of the molecule is CN(C)C1(C(NN)c2sccc2Cl)CCCCC1. The molecule has 1 aromatic heterocycles. The number of rotatable bonds is 4. The molecular weight excluding hydrogens is 266 g/mol. The predicted molar refractivity (Wildman–Crippen MR) is 78.9 cm³/mol. The van der Waals surface area contributed by atoms with Gasteiger partial charge in [-0.2, -0.15) is 0 Å². The Labute approximate surface area is 118 Å². The molecule has 102 valence electrons. The van der Waals surface area contributed by atoms with Crippen LogP contribution in [0.15, 0.2) is 11.4 Å². The first-order valence-electron chi connectivity index (χ1n) is 6.48. The number of nitrogens with zero attached hydrogens (tertiary/aromatic N) is 1. The maximum atomic E-state index is 6.30. The Morgan fingerprint density at radius 3 is 2.50 bits per heavy atom. The van der Waals surface area contributed by atoms with E-state index in [0.717, 1.165) is 9.90 Å². The number of hydrazine groups is 1. The van der Waals surface area contributed by atoms with Crippen LogP contribution < -0.4 is 11.3 Å². The van der Waals surface area contributed by atoms with E-state index >= 15 is 0 Å². The Kier molecular flexibility index (Phi) is 4.67. The molecule has 1 saturated carbocycles. The van der Waals surface area contributed by atoms with Gasteiger partial charge in [-0.25, -0.2) is 0 Å². The van der Waals surface area contributed by atoms with E-state index in [-0.39, 0.29) is 11.6 Å². The highest BCUT2D eigenvalue weighted by Crippen LogP contribution is 2.44. The third-order valence-electron chi connectivity index (χ3n) is 4.22. The van der Waals surface area contributed by atoms with Crippen molar-refractivity contribution in [2.75, 3.05) is 14.1 Å². The predicted octanol–water partition coefficient (Wildman–Crippen LogP) is 3.17. The lowest BCUT2D eigenvalue weighted by Crippen LogP contribution is -2.56. The summed E-state index contributed by atoms with van der Waals surface area (Å²) in [5.74, 6) is 5.86. The molecule has 0 aromatic carbocycles. The van der Waals surface area contributed by atoms with Crippen LogP contribution in [0.25, 0.3) is 0 Å². The largest absolute Gasteiger partial charge is 0.302 e. The molecular formula is C13H22ClN3S. The monoisotopic (exact) mass is 287 g/mol. The molecule has 0 saturated heterocycles. The normalized spacial score (nSPS) is 21.2. The van der Waals surface area contributed by atoms with Crippen LogP contribution in [-0.4, -0.2) is 24.5 Å². The zero-order valence-electron chi connectivity index (χ0n) is 11.1. The molecule has 3 nitrogen and oxygen atoms in total. The van der Waals surface area contributed by atoms with Crippen LogP contribution in [0.1, 0.15) is 43.0 Å². The average molecular weight is 288 g/mol. The Bertz CT molecular complexity index is 385. The van der Waals surface area contributed by atoms with Gasteiger partial charge in [0.15, 0.2) is 0 Å². The second-order valence-corrected chi connectivity index (χ2v) is 6.65. The summed E-state index contributed by atoms with van der Waals surface area (Å²) in [4.78, 5) is 3.49. The first-order chi connectivity index (χ1) is 8.62. The minimum atomic E-state index is 0.0848. The quantitative estimate of drug-likeness (QED) is 0.660. The van der Waals surface area contributed by atoms with Gasteiger partial charge in [-0.05, 0) is 38.4 Å². The molecule has 0 radical (unpaired) electrons. The number of hydrogen-bond acceptors (Lipinski definition) is 4. The third kappa shape index (κ3) is 2.45. The van der Waals surface area contributed by atoms with Gasteiger partial charge in [-0.3, -0.25) is 11.3 Å². The lowest BCUT2D eigenvalue weighted by molar-refractivity contribution is 0.0578. The van der Waals surface area contributed by atoms with Gasteiger partial charge in [-0.15, -0.1) is 11.3 Å². The fraction of sp³-hybridized carbons (Fsp3) is 0.692. The number of halogens is 1. The van der Waals surface area contributed by atoms with E-state index in [9.17, 15) is 0 Å². The van der Waals surface area contributed by atoms with Crippen molar-refractivity contribution in [1.29, 1.82) is 0 Å². The van der Waals surface area contributed by atoms with E-state index in [1.165, 1.54) is 32.1 Å². The average Bonchev–Trinajstić information content (AvgIpc) is 2.78. The smallest absolute Gasteiger partial charge is 0.0751 e. The van der Waals surface area contributed by atoms with E-state index in [4.69, 9.17) is 17.4 Å². The zero-order chi connectivity index (χ0) is 13.2. The lowest BCUT2D eigenvalue weighted by Gasteiger charge is -2.48. The fourth-order valence-electron chi connectivity index (χ4n) is 3.14. The first-order valence-corrected chi connectivity index (χ1v) is 7.74. The molecule has 1 atom stereocenters. The molecule has 3 N–H and O–H groups in total. The summed E-state index contributed by atoms with van der Waals surface area (Å²) >= 11 is 7.99. The van der Waals surface area contributed by atoms with Gasteiger partial charge >= 0.3 is 0 Å². The van der Waals surface area contributed by atoms with Crippen LogP contribution in [0.5, 0.6) is 0 Å². The van der Waals surface area contributed by atoms with Crippen LogP contribution in [0, 0.1) is 0 Å². The number of nitrogens with two attached hydrogens (primary N) is 1. The van der Waals surface area contributed by atoms with Gasteiger partial charge in [0.25, 0.3) is 0 Å². The highest BCUT2D eigenvalue weighted by molar-refractivity contribution is 7.10. The van der Waals surface area contributed by atoms with E-state index in [1.54, 1.807) is 11.3 Å².